The van der Waals surface area contributed by atoms with Crippen molar-refractivity contribution < 1.29 is 18.3 Å². The van der Waals surface area contributed by atoms with E-state index in [1.54, 1.807) is 22.9 Å². The Morgan fingerprint density at radius 2 is 1.61 bits per heavy atom. The van der Waals surface area contributed by atoms with E-state index in [1.807, 2.05) is 54.6 Å². The number of sulfonamides is 1. The summed E-state index contributed by atoms with van der Waals surface area (Å²) in [5.41, 5.74) is 3.85. The Morgan fingerprint density at radius 3 is 2.23 bits per heavy atom. The number of benzene rings is 3. The number of nitrogens with two attached hydrogens (primary N) is 1. The van der Waals surface area contributed by atoms with Crippen LogP contribution < -0.4 is 9.88 Å². The fraction of sp³-hybridized carbons (Fsp3) is 0.0870. The molecule has 0 atom stereocenters. The van der Waals surface area contributed by atoms with Crippen molar-refractivity contribution >= 4 is 10.0 Å². The molecule has 0 radical (unpaired) electrons. The molecule has 0 unspecified atom stereocenters. The maximum atomic E-state index is 11.5. The third-order valence-electron chi connectivity index (χ3n) is 4.73. The van der Waals surface area contributed by atoms with Crippen LogP contribution in [0.4, 0.5) is 0 Å². The van der Waals surface area contributed by atoms with Crippen molar-refractivity contribution in [2.24, 2.45) is 5.14 Å². The smallest absolute Gasteiger partial charge is 0.238 e. The molecule has 0 aliphatic heterocycles. The molecule has 0 amide bonds. The molecule has 0 fully saturated rings. The van der Waals surface area contributed by atoms with Crippen LogP contribution in [0.5, 0.6) is 5.75 Å². The predicted molar refractivity (Wildman–Crippen MR) is 117 cm³/mol. The number of aliphatic hydroxyl groups excluding tert-OH is 1. The van der Waals surface area contributed by atoms with Crippen molar-refractivity contribution in [3.8, 4) is 22.7 Å². The molecule has 4 rings (SSSR count). The lowest BCUT2D eigenvalue weighted by molar-refractivity contribution is 0.276. The number of rotatable bonds is 7. The summed E-state index contributed by atoms with van der Waals surface area (Å²) in [7, 11) is -3.78. The quantitative estimate of drug-likeness (QED) is 0.463. The van der Waals surface area contributed by atoms with Crippen LogP contribution in [-0.2, 0) is 23.2 Å². The van der Waals surface area contributed by atoms with Crippen molar-refractivity contribution in [2.45, 2.75) is 18.1 Å². The molecule has 7 nitrogen and oxygen atoms in total. The Labute approximate surface area is 180 Å². The van der Waals surface area contributed by atoms with Gasteiger partial charge < -0.3 is 9.84 Å². The Kier molecular flexibility index (Phi) is 5.85. The Bertz CT molecular complexity index is 1270. The highest BCUT2D eigenvalue weighted by Gasteiger charge is 2.13. The van der Waals surface area contributed by atoms with E-state index in [0.717, 1.165) is 22.6 Å². The summed E-state index contributed by atoms with van der Waals surface area (Å²) >= 11 is 0. The zero-order chi connectivity index (χ0) is 21.8. The van der Waals surface area contributed by atoms with E-state index in [1.165, 1.54) is 12.1 Å². The first-order chi connectivity index (χ1) is 14.9. The van der Waals surface area contributed by atoms with Crippen LogP contribution in [0.3, 0.4) is 0 Å². The van der Waals surface area contributed by atoms with Gasteiger partial charge in [0.15, 0.2) is 0 Å². The van der Waals surface area contributed by atoms with Gasteiger partial charge in [0.25, 0.3) is 0 Å². The molecular formula is C23H21N3O4S. The van der Waals surface area contributed by atoms with E-state index in [2.05, 4.69) is 5.10 Å². The van der Waals surface area contributed by atoms with Crippen molar-refractivity contribution in [3.05, 3.63) is 96.2 Å². The van der Waals surface area contributed by atoms with Gasteiger partial charge in [-0.1, -0.05) is 30.3 Å². The highest BCUT2D eigenvalue weighted by Crippen LogP contribution is 2.27. The Balaban J connectivity index is 1.60. The molecule has 1 aromatic heterocycles. The predicted octanol–water partition coefficient (Wildman–Crippen LogP) is 3.26. The Morgan fingerprint density at radius 1 is 0.935 bits per heavy atom. The third-order valence-corrected chi connectivity index (χ3v) is 5.66. The fourth-order valence-electron chi connectivity index (χ4n) is 3.15. The molecule has 8 heteroatoms. The zero-order valence-electron chi connectivity index (χ0n) is 16.5. The molecule has 1 heterocycles. The lowest BCUT2D eigenvalue weighted by Crippen LogP contribution is -2.12. The average molecular weight is 436 g/mol. The third kappa shape index (κ3) is 4.83. The van der Waals surface area contributed by atoms with Gasteiger partial charge >= 0.3 is 0 Å². The van der Waals surface area contributed by atoms with Gasteiger partial charge in [-0.2, -0.15) is 5.10 Å². The first-order valence-corrected chi connectivity index (χ1v) is 11.1. The normalized spacial score (nSPS) is 11.4. The molecule has 3 aromatic carbocycles. The van der Waals surface area contributed by atoms with Crippen molar-refractivity contribution in [2.75, 3.05) is 0 Å². The maximum absolute atomic E-state index is 11.5. The molecule has 0 saturated carbocycles. The molecule has 158 valence electrons. The monoisotopic (exact) mass is 435 g/mol. The van der Waals surface area contributed by atoms with E-state index in [-0.39, 0.29) is 11.5 Å². The van der Waals surface area contributed by atoms with Gasteiger partial charge in [-0.3, -0.25) is 0 Å². The van der Waals surface area contributed by atoms with Gasteiger partial charge in [-0.15, -0.1) is 0 Å². The average Bonchev–Trinajstić information content (AvgIpc) is 3.23. The molecule has 0 saturated heterocycles. The molecule has 0 aliphatic carbocycles. The molecule has 0 bridgehead atoms. The van der Waals surface area contributed by atoms with Crippen LogP contribution in [0.25, 0.3) is 16.9 Å². The number of ether oxygens (including phenoxy) is 1. The standard InChI is InChI=1S/C23H21N3O4S/c24-31(28,29)22-12-8-20(9-13-22)26-23(14-19(15-27)25-26)18-6-10-21(11-7-18)30-16-17-4-2-1-3-5-17/h1-14,27H,15-16H2,(H2,24,28,29). The van der Waals surface area contributed by atoms with E-state index in [0.29, 0.717) is 18.0 Å². The van der Waals surface area contributed by atoms with Gasteiger partial charge in [0.2, 0.25) is 10.0 Å². The minimum Gasteiger partial charge on any atom is -0.489 e. The number of hydrogen-bond acceptors (Lipinski definition) is 5. The molecule has 31 heavy (non-hydrogen) atoms. The van der Waals surface area contributed by atoms with Crippen LogP contribution >= 0.6 is 0 Å². The largest absolute Gasteiger partial charge is 0.489 e. The first-order valence-electron chi connectivity index (χ1n) is 9.54. The van der Waals surface area contributed by atoms with E-state index >= 15 is 0 Å². The molecular weight excluding hydrogens is 414 g/mol. The SMILES string of the molecule is NS(=O)(=O)c1ccc(-n2nc(CO)cc2-c2ccc(OCc3ccccc3)cc2)cc1. The number of aliphatic hydroxyl groups is 1. The summed E-state index contributed by atoms with van der Waals surface area (Å²) in [6.07, 6.45) is 0. The van der Waals surface area contributed by atoms with Gasteiger partial charge in [0.1, 0.15) is 12.4 Å². The first kappa shape index (κ1) is 20.8. The van der Waals surface area contributed by atoms with Gasteiger partial charge in [0, 0.05) is 5.56 Å². The van der Waals surface area contributed by atoms with Crippen LogP contribution in [0.15, 0.2) is 89.8 Å². The van der Waals surface area contributed by atoms with E-state index in [4.69, 9.17) is 9.88 Å². The zero-order valence-corrected chi connectivity index (χ0v) is 17.4. The van der Waals surface area contributed by atoms with Crippen molar-refractivity contribution in [1.82, 2.24) is 9.78 Å². The van der Waals surface area contributed by atoms with E-state index in [9.17, 15) is 13.5 Å². The summed E-state index contributed by atoms with van der Waals surface area (Å²) in [5, 5.41) is 19.1. The van der Waals surface area contributed by atoms with Crippen LogP contribution in [0.1, 0.15) is 11.3 Å². The lowest BCUT2D eigenvalue weighted by atomic mass is 10.1. The van der Waals surface area contributed by atoms with Crippen LogP contribution in [0, 0.1) is 0 Å². The van der Waals surface area contributed by atoms with Crippen molar-refractivity contribution in [1.29, 1.82) is 0 Å². The minimum atomic E-state index is -3.78. The molecule has 0 aliphatic rings. The number of nitrogens with zero attached hydrogens (tertiary/aromatic N) is 2. The molecule has 3 N–H and O–H groups in total. The van der Waals surface area contributed by atoms with Gasteiger partial charge in [-0.05, 0) is 60.2 Å². The number of primary sulfonamides is 1. The molecule has 4 aromatic rings. The summed E-state index contributed by atoms with van der Waals surface area (Å²) < 4.78 is 30.5. The highest BCUT2D eigenvalue weighted by atomic mass is 32.2. The summed E-state index contributed by atoms with van der Waals surface area (Å²) in [6.45, 7) is 0.261. The summed E-state index contributed by atoms with van der Waals surface area (Å²) in [4.78, 5) is 0.0206. The maximum Gasteiger partial charge on any atom is 0.238 e. The van der Waals surface area contributed by atoms with Crippen LogP contribution in [-0.4, -0.2) is 23.3 Å². The second-order valence-electron chi connectivity index (χ2n) is 6.93. The summed E-state index contributed by atoms with van der Waals surface area (Å²) in [5.74, 6) is 0.735. The Hall–Kier alpha value is -3.46. The highest BCUT2D eigenvalue weighted by molar-refractivity contribution is 7.89. The fourth-order valence-corrected chi connectivity index (χ4v) is 3.67. The van der Waals surface area contributed by atoms with Gasteiger partial charge in [-0.25, -0.2) is 18.2 Å². The molecule has 0 spiro atoms. The summed E-state index contributed by atoms with van der Waals surface area (Å²) in [6, 6.07) is 25.4. The lowest BCUT2D eigenvalue weighted by Gasteiger charge is -2.10. The van der Waals surface area contributed by atoms with Gasteiger partial charge in [0.05, 0.1) is 28.6 Å². The van der Waals surface area contributed by atoms with Crippen LogP contribution in [0.2, 0.25) is 0 Å². The van der Waals surface area contributed by atoms with E-state index < -0.39 is 10.0 Å². The number of aromatic nitrogens is 2. The topological polar surface area (TPSA) is 107 Å². The number of hydrogen-bond donors (Lipinski definition) is 2. The minimum absolute atomic E-state index is 0.0206. The second-order valence-corrected chi connectivity index (χ2v) is 8.49. The second kappa shape index (κ2) is 8.73. The van der Waals surface area contributed by atoms with Crippen molar-refractivity contribution in [3.63, 3.8) is 0 Å².